The molecule has 0 spiro atoms. The second-order valence-corrected chi connectivity index (χ2v) is 8.25. The van der Waals surface area contributed by atoms with Gasteiger partial charge in [-0.2, -0.15) is 0 Å². The summed E-state index contributed by atoms with van der Waals surface area (Å²) in [6.45, 7) is 0.553. The highest BCUT2D eigenvalue weighted by Crippen LogP contribution is 2.27. The van der Waals surface area contributed by atoms with Gasteiger partial charge in [-0.15, -0.1) is 16.4 Å². The highest BCUT2D eigenvalue weighted by Gasteiger charge is 2.12. The van der Waals surface area contributed by atoms with Crippen molar-refractivity contribution in [2.45, 2.75) is 25.9 Å². The van der Waals surface area contributed by atoms with Crippen molar-refractivity contribution in [3.8, 4) is 17.1 Å². The van der Waals surface area contributed by atoms with Crippen molar-refractivity contribution < 1.29 is 4.74 Å². The highest BCUT2D eigenvalue weighted by molar-refractivity contribution is 7.16. The maximum Gasteiger partial charge on any atom is 0.182 e. The Morgan fingerprint density at radius 1 is 1.00 bits per heavy atom. The van der Waals surface area contributed by atoms with E-state index in [0.717, 1.165) is 32.7 Å². The van der Waals surface area contributed by atoms with Crippen molar-refractivity contribution in [2.24, 2.45) is 0 Å². The normalized spacial score (nSPS) is 13.2. The number of nitrogens with zero attached hydrogens (tertiary/aromatic N) is 4. The van der Waals surface area contributed by atoms with E-state index in [1.54, 1.807) is 22.2 Å². The molecule has 0 radical (unpaired) electrons. The van der Waals surface area contributed by atoms with Gasteiger partial charge < -0.3 is 4.74 Å². The smallest absolute Gasteiger partial charge is 0.182 e. The predicted octanol–water partition coefficient (Wildman–Crippen LogP) is 5.07. The van der Waals surface area contributed by atoms with Crippen LogP contribution in [0.15, 0.2) is 60.2 Å². The molecule has 0 aliphatic heterocycles. The van der Waals surface area contributed by atoms with Crippen LogP contribution in [0.3, 0.4) is 0 Å². The number of rotatable bonds is 4. The van der Waals surface area contributed by atoms with Crippen molar-refractivity contribution in [1.82, 2.24) is 19.6 Å². The number of ether oxygens (including phenoxy) is 1. The molecule has 3 heterocycles. The van der Waals surface area contributed by atoms with Crippen molar-refractivity contribution in [3.05, 3.63) is 76.9 Å². The van der Waals surface area contributed by atoms with E-state index in [4.69, 9.17) is 9.72 Å². The molecule has 5 aromatic rings. The zero-order chi connectivity index (χ0) is 19.2. The third kappa shape index (κ3) is 2.96. The van der Waals surface area contributed by atoms with Gasteiger partial charge in [0.1, 0.15) is 23.5 Å². The summed E-state index contributed by atoms with van der Waals surface area (Å²) < 4.78 is 7.75. The third-order valence-electron chi connectivity index (χ3n) is 5.49. The van der Waals surface area contributed by atoms with Crippen LogP contribution in [-0.2, 0) is 19.4 Å². The number of benzene rings is 2. The molecule has 6 rings (SSSR count). The Labute approximate surface area is 171 Å². The van der Waals surface area contributed by atoms with Gasteiger partial charge in [0.05, 0.1) is 5.39 Å². The molecule has 0 atom stereocenters. The lowest BCUT2D eigenvalue weighted by Gasteiger charge is -2.08. The summed E-state index contributed by atoms with van der Waals surface area (Å²) in [6, 6.07) is 16.8. The minimum atomic E-state index is 0.553. The van der Waals surface area contributed by atoms with Crippen LogP contribution in [0, 0.1) is 0 Å². The maximum atomic E-state index is 6.01. The maximum absolute atomic E-state index is 6.01. The first kappa shape index (κ1) is 16.7. The van der Waals surface area contributed by atoms with Crippen LogP contribution in [0.5, 0.6) is 5.75 Å². The van der Waals surface area contributed by atoms with Crippen LogP contribution in [0.2, 0.25) is 0 Å². The Hall–Kier alpha value is -3.25. The van der Waals surface area contributed by atoms with Gasteiger partial charge in [0.15, 0.2) is 11.5 Å². The quantitative estimate of drug-likeness (QED) is 0.424. The minimum Gasteiger partial charge on any atom is -0.489 e. The molecule has 2 aromatic carbocycles. The lowest BCUT2D eigenvalue weighted by atomic mass is 10.1. The van der Waals surface area contributed by atoms with Crippen LogP contribution < -0.4 is 4.74 Å². The van der Waals surface area contributed by atoms with Crippen LogP contribution >= 0.6 is 11.3 Å². The molecule has 142 valence electrons. The summed E-state index contributed by atoms with van der Waals surface area (Å²) in [5.74, 6) is 1.65. The van der Waals surface area contributed by atoms with Crippen LogP contribution in [0.4, 0.5) is 0 Å². The lowest BCUT2D eigenvalue weighted by Crippen LogP contribution is -1.96. The fourth-order valence-electron chi connectivity index (χ4n) is 3.94. The van der Waals surface area contributed by atoms with E-state index in [0.29, 0.717) is 12.4 Å². The molecular formula is C23H18N4OS. The van der Waals surface area contributed by atoms with Gasteiger partial charge in [0, 0.05) is 5.56 Å². The van der Waals surface area contributed by atoms with Gasteiger partial charge in [0.2, 0.25) is 0 Å². The van der Waals surface area contributed by atoms with Gasteiger partial charge in [0.25, 0.3) is 0 Å². The number of hydrogen-bond acceptors (Lipinski definition) is 5. The Morgan fingerprint density at radius 2 is 1.90 bits per heavy atom. The van der Waals surface area contributed by atoms with Gasteiger partial charge >= 0.3 is 0 Å². The standard InChI is InChI=1S/C23H18N4OS/c1-2-16-8-9-19(12-18(16)3-1)28-13-15-4-6-17(7-5-15)21-25-22-20-10-11-29-23(20)24-14-27(22)26-21/h4-12,14H,1-3,13H2. The monoisotopic (exact) mass is 398 g/mol. The first-order chi connectivity index (χ1) is 14.3. The number of aryl methyl sites for hydroxylation is 2. The predicted molar refractivity (Wildman–Crippen MR) is 114 cm³/mol. The van der Waals surface area contributed by atoms with Crippen LogP contribution in [-0.4, -0.2) is 19.6 Å². The SMILES string of the molecule is c1cc2c(ncn3nc(-c4ccc(COc5ccc6c(c5)CCC6)cc4)nc23)s1. The molecule has 5 nitrogen and oxygen atoms in total. The van der Waals surface area contributed by atoms with E-state index in [9.17, 15) is 0 Å². The molecule has 0 unspecified atom stereocenters. The molecule has 0 saturated heterocycles. The number of thiophene rings is 1. The Kier molecular flexibility index (Phi) is 3.84. The molecule has 0 bridgehead atoms. The van der Waals surface area contributed by atoms with E-state index in [1.165, 1.54) is 30.4 Å². The van der Waals surface area contributed by atoms with Crippen molar-refractivity contribution in [2.75, 3.05) is 0 Å². The molecule has 0 fully saturated rings. The topological polar surface area (TPSA) is 52.3 Å². The van der Waals surface area contributed by atoms with E-state index in [1.807, 2.05) is 11.4 Å². The van der Waals surface area contributed by atoms with Crippen molar-refractivity contribution >= 4 is 27.2 Å². The third-order valence-corrected chi connectivity index (χ3v) is 6.31. The van der Waals surface area contributed by atoms with Crippen LogP contribution in [0.1, 0.15) is 23.1 Å². The Balaban J connectivity index is 1.22. The Bertz CT molecular complexity index is 1340. The summed E-state index contributed by atoms with van der Waals surface area (Å²) in [4.78, 5) is 10.1. The molecular weight excluding hydrogens is 380 g/mol. The summed E-state index contributed by atoms with van der Waals surface area (Å²) >= 11 is 1.61. The zero-order valence-corrected chi connectivity index (χ0v) is 16.5. The average molecular weight is 398 g/mol. The summed E-state index contributed by atoms with van der Waals surface area (Å²) in [6.07, 6.45) is 5.34. The van der Waals surface area contributed by atoms with Crippen molar-refractivity contribution in [3.63, 3.8) is 0 Å². The van der Waals surface area contributed by atoms with Gasteiger partial charge in [-0.25, -0.2) is 14.5 Å². The first-order valence-electron chi connectivity index (χ1n) is 9.76. The molecule has 0 amide bonds. The van der Waals surface area contributed by atoms with E-state index in [-0.39, 0.29) is 0 Å². The van der Waals surface area contributed by atoms with Gasteiger partial charge in [-0.1, -0.05) is 30.3 Å². The molecule has 1 aliphatic carbocycles. The van der Waals surface area contributed by atoms with E-state index in [2.05, 4.69) is 52.5 Å². The molecule has 29 heavy (non-hydrogen) atoms. The number of aromatic nitrogens is 4. The van der Waals surface area contributed by atoms with Crippen LogP contribution in [0.25, 0.3) is 27.3 Å². The van der Waals surface area contributed by atoms with E-state index >= 15 is 0 Å². The first-order valence-corrected chi connectivity index (χ1v) is 10.6. The summed E-state index contributed by atoms with van der Waals surface area (Å²) in [5.41, 5.74) is 5.86. The fraction of sp³-hybridized carbons (Fsp3) is 0.174. The Morgan fingerprint density at radius 3 is 2.83 bits per heavy atom. The molecule has 0 N–H and O–H groups in total. The van der Waals surface area contributed by atoms with Crippen molar-refractivity contribution in [1.29, 1.82) is 0 Å². The van der Waals surface area contributed by atoms with Gasteiger partial charge in [-0.05, 0) is 59.5 Å². The molecule has 0 saturated carbocycles. The molecule has 3 aromatic heterocycles. The second kappa shape index (κ2) is 6.67. The highest BCUT2D eigenvalue weighted by atomic mass is 32.1. The summed E-state index contributed by atoms with van der Waals surface area (Å²) in [7, 11) is 0. The van der Waals surface area contributed by atoms with Gasteiger partial charge in [-0.3, -0.25) is 0 Å². The number of hydrogen-bond donors (Lipinski definition) is 0. The average Bonchev–Trinajstić information content (AvgIpc) is 3.50. The lowest BCUT2D eigenvalue weighted by molar-refractivity contribution is 0.306. The minimum absolute atomic E-state index is 0.553. The zero-order valence-electron chi connectivity index (χ0n) is 15.7. The molecule has 6 heteroatoms. The van der Waals surface area contributed by atoms with E-state index < -0.39 is 0 Å². The number of fused-ring (bicyclic) bond motifs is 4. The summed E-state index contributed by atoms with van der Waals surface area (Å²) in [5, 5.41) is 7.65. The molecule has 1 aliphatic rings. The largest absolute Gasteiger partial charge is 0.489 e. The second-order valence-electron chi connectivity index (χ2n) is 7.36. The fourth-order valence-corrected chi connectivity index (χ4v) is 4.67.